The average Bonchev–Trinajstić information content (AvgIpc) is 3.14. The number of likely N-dealkylation sites (tertiary alicyclic amines) is 1. The summed E-state index contributed by atoms with van der Waals surface area (Å²) in [5.74, 6) is 0. The molecule has 0 spiro atoms. The molecule has 1 saturated heterocycles. The van der Waals surface area contributed by atoms with Crippen molar-refractivity contribution in [2.45, 2.75) is 65.4 Å². The number of carbonyl (C=O) groups excluding carboxylic acids is 1. The van der Waals surface area contributed by atoms with Crippen molar-refractivity contribution in [3.05, 3.63) is 17.5 Å². The normalized spacial score (nSPS) is 18.4. The number of nitrogens with zero attached hydrogens (tertiary/aromatic N) is 2. The number of carbonyl (C=O) groups is 1. The number of ether oxygens (including phenoxy) is 3. The Morgan fingerprint density at radius 1 is 1.38 bits per heavy atom. The summed E-state index contributed by atoms with van der Waals surface area (Å²) >= 11 is 0. The Morgan fingerprint density at radius 2 is 2.04 bits per heavy atom. The smallest absolute Gasteiger partial charge is 0.410 e. The number of hydrogen-bond acceptors (Lipinski definition) is 5. The first-order valence-electron chi connectivity index (χ1n) is 8.63. The van der Waals surface area contributed by atoms with Gasteiger partial charge in [0.25, 0.3) is 0 Å². The van der Waals surface area contributed by atoms with E-state index in [1.807, 2.05) is 40.7 Å². The topological polar surface area (TPSA) is 76.7 Å². The number of hydrogen-bond donors (Lipinski definition) is 1. The number of rotatable bonds is 6. The van der Waals surface area contributed by atoms with Crippen molar-refractivity contribution in [1.82, 2.24) is 15.1 Å². The fourth-order valence-electron chi connectivity index (χ4n) is 2.80. The second kappa shape index (κ2) is 7.98. The second-order valence-electron chi connectivity index (χ2n) is 6.82. The van der Waals surface area contributed by atoms with Crippen LogP contribution >= 0.6 is 0 Å². The summed E-state index contributed by atoms with van der Waals surface area (Å²) < 4.78 is 16.7. The van der Waals surface area contributed by atoms with E-state index >= 15 is 0 Å². The van der Waals surface area contributed by atoms with Gasteiger partial charge in [0.2, 0.25) is 6.29 Å². The highest BCUT2D eigenvalue weighted by atomic mass is 16.7. The van der Waals surface area contributed by atoms with Gasteiger partial charge in [-0.15, -0.1) is 0 Å². The molecule has 136 valence electrons. The molecule has 1 amide bonds. The van der Waals surface area contributed by atoms with Crippen LogP contribution in [0.3, 0.4) is 0 Å². The molecule has 7 heteroatoms. The summed E-state index contributed by atoms with van der Waals surface area (Å²) in [7, 11) is 0. The third kappa shape index (κ3) is 4.70. The van der Waals surface area contributed by atoms with E-state index in [-0.39, 0.29) is 12.1 Å². The van der Waals surface area contributed by atoms with Crippen LogP contribution in [0.1, 0.15) is 71.2 Å². The zero-order valence-electron chi connectivity index (χ0n) is 15.3. The van der Waals surface area contributed by atoms with Crippen molar-refractivity contribution < 1.29 is 19.0 Å². The molecular weight excluding hydrogens is 310 g/mol. The molecule has 0 saturated carbocycles. The lowest BCUT2D eigenvalue weighted by atomic mass is 10.1. The van der Waals surface area contributed by atoms with Crippen LogP contribution < -0.4 is 0 Å². The van der Waals surface area contributed by atoms with Gasteiger partial charge in [-0.1, -0.05) is 0 Å². The molecule has 1 fully saturated rings. The fourth-order valence-corrected chi connectivity index (χ4v) is 2.80. The maximum absolute atomic E-state index is 12.4. The predicted octanol–water partition coefficient (Wildman–Crippen LogP) is 3.55. The summed E-state index contributed by atoms with van der Waals surface area (Å²) in [5, 5.41) is 7.35. The fraction of sp³-hybridized carbons (Fsp3) is 0.765. The Bertz CT molecular complexity index is 532. The Hall–Kier alpha value is -1.60. The zero-order chi connectivity index (χ0) is 17.7. The summed E-state index contributed by atoms with van der Waals surface area (Å²) in [5.41, 5.74) is 1.08. The van der Waals surface area contributed by atoms with E-state index in [0.717, 1.165) is 18.5 Å². The van der Waals surface area contributed by atoms with Gasteiger partial charge < -0.3 is 14.2 Å². The molecule has 2 rings (SSSR count). The van der Waals surface area contributed by atoms with Crippen LogP contribution in [0.4, 0.5) is 4.79 Å². The quantitative estimate of drug-likeness (QED) is 0.802. The van der Waals surface area contributed by atoms with Crippen molar-refractivity contribution in [3.63, 3.8) is 0 Å². The minimum atomic E-state index is -0.502. The molecular formula is C17H29N3O4. The average molecular weight is 339 g/mol. The third-order valence-electron chi connectivity index (χ3n) is 3.73. The van der Waals surface area contributed by atoms with Gasteiger partial charge in [0.15, 0.2) is 0 Å². The van der Waals surface area contributed by atoms with E-state index in [1.165, 1.54) is 0 Å². The van der Waals surface area contributed by atoms with Crippen LogP contribution in [0.2, 0.25) is 0 Å². The van der Waals surface area contributed by atoms with Crippen LogP contribution in [0.25, 0.3) is 0 Å². The summed E-state index contributed by atoms with van der Waals surface area (Å²) in [6, 6.07) is 1.87. The number of amides is 1. The first-order chi connectivity index (χ1) is 11.4. The molecule has 0 aromatic carbocycles. The first-order valence-corrected chi connectivity index (χ1v) is 8.63. The van der Waals surface area contributed by atoms with Gasteiger partial charge in [-0.25, -0.2) is 4.79 Å². The molecule has 0 bridgehead atoms. The lowest BCUT2D eigenvalue weighted by Gasteiger charge is -2.28. The summed E-state index contributed by atoms with van der Waals surface area (Å²) in [6.45, 7) is 11.2. The number of nitrogens with one attached hydrogen (secondary N) is 1. The molecule has 1 N–H and O–H groups in total. The molecule has 0 radical (unpaired) electrons. The minimum absolute atomic E-state index is 0.0509. The van der Waals surface area contributed by atoms with Crippen LogP contribution in [0.15, 0.2) is 6.07 Å². The molecule has 7 nitrogen and oxygen atoms in total. The Balaban J connectivity index is 2.11. The van der Waals surface area contributed by atoms with Gasteiger partial charge in [0.05, 0.1) is 11.7 Å². The van der Waals surface area contributed by atoms with Crippen molar-refractivity contribution in [2.75, 3.05) is 19.8 Å². The van der Waals surface area contributed by atoms with Crippen LogP contribution in [0.5, 0.6) is 0 Å². The molecule has 1 atom stereocenters. The number of aromatic amines is 1. The monoisotopic (exact) mass is 339 g/mol. The van der Waals surface area contributed by atoms with Crippen molar-refractivity contribution in [1.29, 1.82) is 0 Å². The van der Waals surface area contributed by atoms with Crippen LogP contribution in [-0.4, -0.2) is 46.6 Å². The van der Waals surface area contributed by atoms with Crippen molar-refractivity contribution in [2.24, 2.45) is 0 Å². The SMILES string of the molecule is CCOC(OCC)c1cc([C@@H]2CCCN2C(=O)OC(C)(C)C)[nH]n1. The van der Waals surface area contributed by atoms with Gasteiger partial charge in [-0.05, 0) is 53.5 Å². The standard InChI is InChI=1S/C17H29N3O4/c1-6-22-15(23-7-2)13-11-12(18-19-13)14-9-8-10-20(14)16(21)24-17(3,4)5/h11,14-15H,6-10H2,1-5H3,(H,18,19)/t14-/m0/s1. The van der Waals surface area contributed by atoms with Crippen molar-refractivity contribution in [3.8, 4) is 0 Å². The van der Waals surface area contributed by atoms with Gasteiger partial charge in [-0.2, -0.15) is 5.10 Å². The third-order valence-corrected chi connectivity index (χ3v) is 3.73. The number of H-pyrrole nitrogens is 1. The van der Waals surface area contributed by atoms with E-state index in [1.54, 1.807) is 4.90 Å². The highest BCUT2D eigenvalue weighted by Gasteiger charge is 2.34. The lowest BCUT2D eigenvalue weighted by molar-refractivity contribution is -0.142. The lowest BCUT2D eigenvalue weighted by Crippen LogP contribution is -2.36. The Morgan fingerprint density at radius 3 is 2.62 bits per heavy atom. The maximum Gasteiger partial charge on any atom is 0.410 e. The van der Waals surface area contributed by atoms with E-state index in [4.69, 9.17) is 14.2 Å². The zero-order valence-corrected chi connectivity index (χ0v) is 15.3. The highest BCUT2D eigenvalue weighted by molar-refractivity contribution is 5.69. The molecule has 2 heterocycles. The number of aromatic nitrogens is 2. The van der Waals surface area contributed by atoms with E-state index < -0.39 is 11.9 Å². The highest BCUT2D eigenvalue weighted by Crippen LogP contribution is 2.33. The Labute approximate surface area is 143 Å². The molecule has 1 aliphatic rings. The molecule has 24 heavy (non-hydrogen) atoms. The van der Waals surface area contributed by atoms with Crippen LogP contribution in [0, 0.1) is 0 Å². The van der Waals surface area contributed by atoms with Gasteiger partial charge in [-0.3, -0.25) is 10.00 Å². The van der Waals surface area contributed by atoms with E-state index in [2.05, 4.69) is 10.2 Å². The molecule has 0 aliphatic carbocycles. The molecule has 0 unspecified atom stereocenters. The van der Waals surface area contributed by atoms with Gasteiger partial charge >= 0.3 is 6.09 Å². The van der Waals surface area contributed by atoms with Crippen LogP contribution in [-0.2, 0) is 14.2 Å². The predicted molar refractivity (Wildman–Crippen MR) is 89.5 cm³/mol. The molecule has 1 aliphatic heterocycles. The van der Waals surface area contributed by atoms with Crippen molar-refractivity contribution >= 4 is 6.09 Å². The molecule has 1 aromatic rings. The largest absolute Gasteiger partial charge is 0.444 e. The maximum atomic E-state index is 12.4. The Kier molecular flexibility index (Phi) is 6.23. The van der Waals surface area contributed by atoms with E-state index in [9.17, 15) is 4.79 Å². The summed E-state index contributed by atoms with van der Waals surface area (Å²) in [6.07, 6.45) is 1.06. The van der Waals surface area contributed by atoms with Gasteiger partial charge in [0.1, 0.15) is 11.3 Å². The first kappa shape index (κ1) is 18.7. The van der Waals surface area contributed by atoms with E-state index in [0.29, 0.717) is 25.5 Å². The van der Waals surface area contributed by atoms with Gasteiger partial charge in [0, 0.05) is 19.8 Å². The second-order valence-corrected chi connectivity index (χ2v) is 6.82. The minimum Gasteiger partial charge on any atom is -0.444 e. The molecule has 1 aromatic heterocycles. The summed E-state index contributed by atoms with van der Waals surface area (Å²) in [4.78, 5) is 14.2.